The van der Waals surface area contributed by atoms with Crippen molar-refractivity contribution in [2.24, 2.45) is 4.58 Å². The number of fused-ring (bicyclic) bond motifs is 3. The average Bonchev–Trinajstić information content (AvgIpc) is 2.61. The van der Waals surface area contributed by atoms with E-state index >= 15 is 0 Å². The van der Waals surface area contributed by atoms with Gasteiger partial charge >= 0.3 is 10.0 Å². The van der Waals surface area contributed by atoms with Gasteiger partial charge in [0.05, 0.1) is 14.8 Å². The number of aryl methyl sites for hydroxylation is 2. The summed E-state index contributed by atoms with van der Waals surface area (Å²) in [4.78, 5) is 14.2. The van der Waals surface area contributed by atoms with Crippen LogP contribution in [0.25, 0.3) is 10.2 Å². The predicted octanol–water partition coefficient (Wildman–Crippen LogP) is 1.85. The Morgan fingerprint density at radius 2 is 2.12 bits per heavy atom. The third kappa shape index (κ3) is 1.21. The van der Waals surface area contributed by atoms with E-state index in [0.717, 1.165) is 34.4 Å². The lowest BCUT2D eigenvalue weighted by molar-refractivity contribution is 0.597. The quantitative estimate of drug-likeness (QED) is 0.766. The van der Waals surface area contributed by atoms with Gasteiger partial charge in [0.2, 0.25) is 4.34 Å². The van der Waals surface area contributed by atoms with Gasteiger partial charge in [0, 0.05) is 0 Å². The lowest BCUT2D eigenvalue weighted by Crippen LogP contribution is -2.08. The number of rotatable bonds is 2. The van der Waals surface area contributed by atoms with Crippen molar-refractivity contribution in [3.05, 3.63) is 28.2 Å². The third-order valence-electron chi connectivity index (χ3n) is 2.71. The van der Waals surface area contributed by atoms with Crippen LogP contribution in [0.15, 0.2) is 21.1 Å². The van der Waals surface area contributed by atoms with Crippen molar-refractivity contribution in [3.8, 4) is 0 Å². The second-order valence-electron chi connectivity index (χ2n) is 3.58. The summed E-state index contributed by atoms with van der Waals surface area (Å²) in [5.41, 5.74) is 3.01. The highest BCUT2D eigenvalue weighted by molar-refractivity contribution is 7.92. The van der Waals surface area contributed by atoms with E-state index in [2.05, 4.69) is 9.57 Å². The van der Waals surface area contributed by atoms with E-state index in [1.54, 1.807) is 0 Å². The van der Waals surface area contributed by atoms with Crippen LogP contribution in [0.3, 0.4) is 0 Å². The lowest BCUT2D eigenvalue weighted by Gasteiger charge is -2.17. The Kier molecular flexibility index (Phi) is 1.90. The van der Waals surface area contributed by atoms with Crippen LogP contribution in [-0.2, 0) is 22.9 Å². The van der Waals surface area contributed by atoms with Gasteiger partial charge in [-0.25, -0.2) is 4.98 Å². The molecule has 82 valence electrons. The molecule has 1 aliphatic rings. The van der Waals surface area contributed by atoms with Gasteiger partial charge in [-0.1, -0.05) is 6.07 Å². The molecule has 2 aromatic rings. The summed E-state index contributed by atoms with van der Waals surface area (Å²) < 4.78 is 25.2. The molecule has 0 amide bonds. The van der Waals surface area contributed by atoms with Gasteiger partial charge in [-0.15, -0.1) is 16.2 Å². The maximum Gasteiger partial charge on any atom is 0.343 e. The number of sulfonamides is 1. The summed E-state index contributed by atoms with van der Waals surface area (Å²) in [5, 5.41) is 0. The Labute approximate surface area is 95.2 Å². The van der Waals surface area contributed by atoms with E-state index in [1.807, 2.05) is 12.1 Å². The number of nitrogens with zero attached hydrogens (tertiary/aromatic N) is 2. The summed E-state index contributed by atoms with van der Waals surface area (Å²) >= 11 is 0.993. The first-order valence-electron chi connectivity index (χ1n) is 4.63. The van der Waals surface area contributed by atoms with Crippen LogP contribution in [0, 0.1) is 4.91 Å². The highest BCUT2D eigenvalue weighted by atomic mass is 32.2. The smallest absolute Gasteiger partial charge is 0.223 e. The normalized spacial score (nSPS) is 14.5. The number of hydrogen-bond donors (Lipinski definition) is 0. The molecule has 1 heterocycles. The zero-order valence-electron chi connectivity index (χ0n) is 8.00. The molecule has 0 bridgehead atoms. The van der Waals surface area contributed by atoms with Crippen LogP contribution in [0.4, 0.5) is 0 Å². The molecular formula is C9H6N2O3S2. The molecule has 7 heteroatoms. The lowest BCUT2D eigenvalue weighted by atomic mass is 9.88. The number of benzene rings is 1. The van der Waals surface area contributed by atoms with Gasteiger partial charge in [0.1, 0.15) is 0 Å². The van der Waals surface area contributed by atoms with Gasteiger partial charge in [-0.05, 0) is 30.0 Å². The van der Waals surface area contributed by atoms with Gasteiger partial charge < -0.3 is 0 Å². The standard InChI is InChI=1S/C9H6N2O3S2/c12-11-16(13,14)9-10-8-6-3-1-5(6)2-4-7(8)15-9/h2,4H,1,3H2. The van der Waals surface area contributed by atoms with Crippen LogP contribution in [0.2, 0.25) is 0 Å². The van der Waals surface area contributed by atoms with Crippen molar-refractivity contribution in [1.82, 2.24) is 4.98 Å². The zero-order chi connectivity index (χ0) is 11.3. The van der Waals surface area contributed by atoms with Crippen molar-refractivity contribution in [3.63, 3.8) is 0 Å². The van der Waals surface area contributed by atoms with E-state index in [0.29, 0.717) is 5.52 Å². The minimum atomic E-state index is -4.09. The monoisotopic (exact) mass is 254 g/mol. The molecule has 0 radical (unpaired) electrons. The molecule has 0 spiro atoms. The average molecular weight is 254 g/mol. The minimum absolute atomic E-state index is 0.210. The highest BCUT2D eigenvalue weighted by Crippen LogP contribution is 2.35. The molecule has 1 aromatic heterocycles. The Morgan fingerprint density at radius 1 is 1.31 bits per heavy atom. The van der Waals surface area contributed by atoms with Crippen molar-refractivity contribution >= 4 is 31.6 Å². The number of nitroso groups, excluding NO2 is 1. The number of thiazole rings is 1. The summed E-state index contributed by atoms with van der Waals surface area (Å²) in [5.74, 6) is 0. The summed E-state index contributed by atoms with van der Waals surface area (Å²) in [6.07, 6.45) is 1.93. The fourth-order valence-corrected chi connectivity index (χ4v) is 3.59. The molecule has 1 aliphatic carbocycles. The molecule has 3 rings (SSSR count). The molecule has 1 aromatic carbocycles. The number of aromatic nitrogens is 1. The summed E-state index contributed by atoms with van der Waals surface area (Å²) in [6, 6.07) is 3.82. The molecule has 0 atom stereocenters. The molecule has 0 saturated heterocycles. The first kappa shape index (κ1) is 9.86. The maximum absolute atomic E-state index is 11.3. The van der Waals surface area contributed by atoms with Gasteiger partial charge in [0.15, 0.2) is 0 Å². The molecule has 16 heavy (non-hydrogen) atoms. The molecule has 0 N–H and O–H groups in total. The van der Waals surface area contributed by atoms with Crippen molar-refractivity contribution in [2.45, 2.75) is 17.2 Å². The Morgan fingerprint density at radius 3 is 2.75 bits per heavy atom. The molecule has 0 fully saturated rings. The summed E-state index contributed by atoms with van der Waals surface area (Å²) in [6.45, 7) is 0. The fourth-order valence-electron chi connectivity index (χ4n) is 1.81. The Bertz CT molecular complexity index is 703. The minimum Gasteiger partial charge on any atom is -0.223 e. The molecule has 0 aliphatic heterocycles. The highest BCUT2D eigenvalue weighted by Gasteiger charge is 2.24. The summed E-state index contributed by atoms with van der Waals surface area (Å²) in [7, 11) is -4.09. The van der Waals surface area contributed by atoms with E-state index in [9.17, 15) is 13.3 Å². The molecule has 5 nitrogen and oxygen atoms in total. The van der Waals surface area contributed by atoms with Crippen LogP contribution in [0.1, 0.15) is 11.1 Å². The second-order valence-corrected chi connectivity index (χ2v) is 6.35. The Balaban J connectivity index is 2.32. The van der Waals surface area contributed by atoms with Crippen LogP contribution in [-0.4, -0.2) is 13.4 Å². The first-order chi connectivity index (χ1) is 7.62. The molecule has 0 saturated carbocycles. The molecular weight excluding hydrogens is 248 g/mol. The zero-order valence-corrected chi connectivity index (χ0v) is 9.64. The van der Waals surface area contributed by atoms with E-state index < -0.39 is 10.0 Å². The van der Waals surface area contributed by atoms with Crippen LogP contribution < -0.4 is 0 Å². The maximum atomic E-state index is 11.3. The molecule has 0 unspecified atom stereocenters. The van der Waals surface area contributed by atoms with E-state index in [4.69, 9.17) is 0 Å². The van der Waals surface area contributed by atoms with Crippen molar-refractivity contribution < 1.29 is 8.42 Å². The van der Waals surface area contributed by atoms with Gasteiger partial charge in [0.25, 0.3) is 0 Å². The second kappa shape index (κ2) is 3.08. The largest absolute Gasteiger partial charge is 0.343 e. The first-order valence-corrected chi connectivity index (χ1v) is 6.88. The van der Waals surface area contributed by atoms with E-state index in [-0.39, 0.29) is 4.34 Å². The van der Waals surface area contributed by atoms with Crippen LogP contribution in [0.5, 0.6) is 0 Å². The van der Waals surface area contributed by atoms with Crippen molar-refractivity contribution in [1.29, 1.82) is 0 Å². The van der Waals surface area contributed by atoms with Gasteiger partial charge in [-0.3, -0.25) is 0 Å². The van der Waals surface area contributed by atoms with E-state index in [1.165, 1.54) is 5.56 Å². The van der Waals surface area contributed by atoms with Crippen LogP contribution >= 0.6 is 11.3 Å². The SMILES string of the molecule is O=NS(=O)(=O)c1nc2c3c(ccc2s1)CC3. The number of hydrogen-bond acceptors (Lipinski definition) is 5. The third-order valence-corrected chi connectivity index (χ3v) is 5.13. The van der Waals surface area contributed by atoms with Gasteiger partial charge in [-0.2, -0.15) is 8.42 Å². The predicted molar refractivity (Wildman–Crippen MR) is 60.0 cm³/mol. The fraction of sp³-hybridized carbons (Fsp3) is 0.222. The van der Waals surface area contributed by atoms with Crippen molar-refractivity contribution in [2.75, 3.05) is 0 Å². The topological polar surface area (TPSA) is 76.5 Å². The Hall–Kier alpha value is -1.34.